The van der Waals surface area contributed by atoms with E-state index in [2.05, 4.69) is 322 Å². The lowest BCUT2D eigenvalue weighted by Crippen LogP contribution is -2.61. The molecule has 0 N–H and O–H groups in total. The van der Waals surface area contributed by atoms with E-state index in [1.54, 1.807) is 0 Å². The Bertz CT molecular complexity index is 4680. The molecule has 88 heavy (non-hydrogen) atoms. The van der Waals surface area contributed by atoms with Crippen LogP contribution < -0.4 is 26.2 Å². The maximum Gasteiger partial charge on any atom is 0.252 e. The minimum absolute atomic E-state index is 0.141. The number of fused-ring (bicyclic) bond motifs is 7. The van der Waals surface area contributed by atoms with Crippen molar-refractivity contribution in [2.24, 2.45) is 0 Å². The zero-order valence-electron chi connectivity index (χ0n) is 51.1. The summed E-state index contributed by atoms with van der Waals surface area (Å²) in [7, 11) is 0. The highest BCUT2D eigenvalue weighted by Crippen LogP contribution is 2.53. The average Bonchev–Trinajstić information content (AvgIpc) is 0.800. The van der Waals surface area contributed by atoms with Crippen molar-refractivity contribution in [2.45, 2.75) is 78.6 Å². The molecule has 0 fully saturated rings. The van der Waals surface area contributed by atoms with Crippen LogP contribution >= 0.6 is 0 Å². The van der Waals surface area contributed by atoms with Gasteiger partial charge in [0.1, 0.15) is 0 Å². The molecular formula is C84H72BN3. The van der Waals surface area contributed by atoms with Gasteiger partial charge in [0, 0.05) is 50.3 Å². The van der Waals surface area contributed by atoms with Crippen molar-refractivity contribution in [3.63, 3.8) is 0 Å². The number of aryl methyl sites for hydroxylation is 2. The monoisotopic (exact) mass is 1130 g/mol. The number of hydrogen-bond acceptors (Lipinski definition) is 2. The van der Waals surface area contributed by atoms with Crippen LogP contribution in [0.4, 0.5) is 34.1 Å². The molecule has 12 aromatic carbocycles. The highest BCUT2D eigenvalue weighted by molar-refractivity contribution is 7.00. The molecule has 426 valence electrons. The van der Waals surface area contributed by atoms with Gasteiger partial charge in [0.25, 0.3) is 6.71 Å². The van der Waals surface area contributed by atoms with Gasteiger partial charge in [0.05, 0.1) is 22.4 Å². The summed E-state index contributed by atoms with van der Waals surface area (Å²) in [6, 6.07) is 104. The quantitative estimate of drug-likeness (QED) is 0.101. The average molecular weight is 1130 g/mol. The normalized spacial score (nSPS) is 12.6. The van der Waals surface area contributed by atoms with E-state index >= 15 is 0 Å². The molecule has 2 aliphatic rings. The Labute approximate surface area is 519 Å². The fraction of sp³-hybridized carbons (Fsp3) is 0.143. The first kappa shape index (κ1) is 54.7. The molecule has 0 atom stereocenters. The molecule has 0 saturated carbocycles. The van der Waals surface area contributed by atoms with Gasteiger partial charge < -0.3 is 14.4 Å². The zero-order valence-corrected chi connectivity index (χ0v) is 51.1. The summed E-state index contributed by atoms with van der Waals surface area (Å²) in [6.07, 6.45) is 6.12. The van der Waals surface area contributed by atoms with Crippen LogP contribution in [-0.2, 0) is 18.3 Å². The Morgan fingerprint density at radius 3 is 1.24 bits per heavy atom. The van der Waals surface area contributed by atoms with Gasteiger partial charge in [0.2, 0.25) is 0 Å². The maximum atomic E-state index is 2.76. The number of nitrogens with zero attached hydrogens (tertiary/aromatic N) is 3. The van der Waals surface area contributed by atoms with Crippen LogP contribution in [-0.4, -0.2) is 11.3 Å². The standard InChI is InChI=1S/C84H72BN3/c1-6-8-29-63-49-65(58-33-17-11-18-34-58)51-71(60-37-21-13-22-38-60)82(63)87-77-48-45-62(57-31-15-10-16-32-57)53-74(77)85-73-47-46-68(86-75-43-27-25-41-69(75)70-42-26-28-44-76(70)86)56-78(73)88(80-55-67(84(3,4)5)54-79(87)81(80)85)83-64(30-9-7-2)50-66(59-35-19-12-20-36-59)52-72(83)61-39-23-14-24-40-61/h10-28,31-56H,6-9,29-30H2,1-5H3. The summed E-state index contributed by atoms with van der Waals surface area (Å²) in [5.74, 6) is 0. The summed E-state index contributed by atoms with van der Waals surface area (Å²) >= 11 is 0. The van der Waals surface area contributed by atoms with E-state index in [-0.39, 0.29) is 12.1 Å². The minimum Gasteiger partial charge on any atom is -0.311 e. The molecule has 0 radical (unpaired) electrons. The SMILES string of the molecule is CCCCc1cc(-c2ccccc2)cc(-c2ccccc2)c1N1c2ccc(-c3ccccc3)cc2B2c3ccc(-n4c5ccccc5c5ccccc54)cc3N(c3c(CCCC)cc(-c4ccccc4)cc3-c3ccccc3)c3cc(C(C)(C)C)cc1c32. The number of aromatic nitrogens is 1. The summed E-state index contributed by atoms with van der Waals surface area (Å²) in [6.45, 7) is 11.7. The van der Waals surface area contributed by atoms with Crippen LogP contribution in [0, 0.1) is 0 Å². The molecule has 13 aromatic rings. The number of rotatable bonds is 14. The van der Waals surface area contributed by atoms with E-state index in [1.807, 2.05) is 0 Å². The van der Waals surface area contributed by atoms with Crippen LogP contribution in [0.25, 0.3) is 83.1 Å². The first-order chi connectivity index (χ1) is 43.2. The smallest absolute Gasteiger partial charge is 0.252 e. The van der Waals surface area contributed by atoms with Gasteiger partial charge >= 0.3 is 0 Å². The van der Waals surface area contributed by atoms with E-state index in [4.69, 9.17) is 0 Å². The van der Waals surface area contributed by atoms with Crippen molar-refractivity contribution in [1.29, 1.82) is 0 Å². The third-order valence-electron chi connectivity index (χ3n) is 18.7. The van der Waals surface area contributed by atoms with E-state index in [0.29, 0.717) is 0 Å². The third-order valence-corrected chi connectivity index (χ3v) is 18.7. The van der Waals surface area contributed by atoms with Crippen molar-refractivity contribution in [1.82, 2.24) is 4.57 Å². The van der Waals surface area contributed by atoms with Gasteiger partial charge in [-0.05, 0) is 175 Å². The molecule has 0 amide bonds. The van der Waals surface area contributed by atoms with Crippen LogP contribution in [0.15, 0.2) is 273 Å². The van der Waals surface area contributed by atoms with Crippen LogP contribution in [0.1, 0.15) is 77.0 Å². The van der Waals surface area contributed by atoms with Crippen molar-refractivity contribution in [3.05, 3.63) is 290 Å². The fourth-order valence-electron chi connectivity index (χ4n) is 14.4. The Morgan fingerprint density at radius 1 is 0.341 bits per heavy atom. The van der Waals surface area contributed by atoms with Gasteiger partial charge in [0.15, 0.2) is 0 Å². The number of hydrogen-bond donors (Lipinski definition) is 0. The first-order valence-electron chi connectivity index (χ1n) is 31.9. The second kappa shape index (κ2) is 22.8. The first-order valence-corrected chi connectivity index (χ1v) is 31.9. The molecule has 0 unspecified atom stereocenters. The molecule has 4 heteroatoms. The topological polar surface area (TPSA) is 11.4 Å². The van der Waals surface area contributed by atoms with E-state index in [1.165, 1.54) is 145 Å². The molecule has 0 spiro atoms. The second-order valence-electron chi connectivity index (χ2n) is 25.3. The number of para-hydroxylation sites is 2. The molecule has 3 heterocycles. The molecular weight excluding hydrogens is 1060 g/mol. The van der Waals surface area contributed by atoms with E-state index in [0.717, 1.165) is 44.2 Å². The number of benzene rings is 12. The summed E-state index contributed by atoms with van der Waals surface area (Å²) in [5, 5.41) is 2.50. The molecule has 0 aliphatic carbocycles. The molecule has 15 rings (SSSR count). The highest BCUT2D eigenvalue weighted by atomic mass is 15.2. The van der Waals surface area contributed by atoms with Gasteiger partial charge in [-0.15, -0.1) is 0 Å². The molecule has 0 saturated heterocycles. The highest BCUT2D eigenvalue weighted by Gasteiger charge is 2.46. The largest absolute Gasteiger partial charge is 0.311 e. The summed E-state index contributed by atoms with van der Waals surface area (Å²) in [5.41, 5.74) is 30.7. The Balaban J connectivity index is 1.11. The molecule has 2 aliphatic heterocycles. The van der Waals surface area contributed by atoms with Gasteiger partial charge in [-0.3, -0.25) is 0 Å². The molecule has 3 nitrogen and oxygen atoms in total. The lowest BCUT2D eigenvalue weighted by Gasteiger charge is -2.46. The second-order valence-corrected chi connectivity index (χ2v) is 25.3. The lowest BCUT2D eigenvalue weighted by atomic mass is 9.33. The predicted octanol–water partition coefficient (Wildman–Crippen LogP) is 21.2. The fourth-order valence-corrected chi connectivity index (χ4v) is 14.4. The zero-order chi connectivity index (χ0) is 59.5. The maximum absolute atomic E-state index is 2.76. The Kier molecular flexibility index (Phi) is 14.2. The van der Waals surface area contributed by atoms with Crippen molar-refractivity contribution < 1.29 is 0 Å². The van der Waals surface area contributed by atoms with Crippen LogP contribution in [0.3, 0.4) is 0 Å². The third kappa shape index (κ3) is 9.54. The van der Waals surface area contributed by atoms with Crippen LogP contribution in [0.2, 0.25) is 0 Å². The van der Waals surface area contributed by atoms with Crippen molar-refractivity contribution in [2.75, 3.05) is 9.80 Å². The van der Waals surface area contributed by atoms with E-state index < -0.39 is 0 Å². The van der Waals surface area contributed by atoms with E-state index in [9.17, 15) is 0 Å². The summed E-state index contributed by atoms with van der Waals surface area (Å²) in [4.78, 5) is 5.50. The minimum atomic E-state index is -0.240. The van der Waals surface area contributed by atoms with Gasteiger partial charge in [-0.25, -0.2) is 0 Å². The lowest BCUT2D eigenvalue weighted by molar-refractivity contribution is 0.590. The Hall–Kier alpha value is -9.90. The number of unbranched alkanes of at least 4 members (excludes halogenated alkanes) is 2. The number of anilines is 6. The van der Waals surface area contributed by atoms with Crippen molar-refractivity contribution in [3.8, 4) is 61.3 Å². The predicted molar refractivity (Wildman–Crippen MR) is 378 cm³/mol. The Morgan fingerprint density at radius 2 is 0.773 bits per heavy atom. The molecule has 1 aromatic heterocycles. The van der Waals surface area contributed by atoms with Gasteiger partial charge in [-0.1, -0.05) is 254 Å². The summed E-state index contributed by atoms with van der Waals surface area (Å²) < 4.78 is 2.51. The molecule has 0 bridgehead atoms. The van der Waals surface area contributed by atoms with Crippen molar-refractivity contribution >= 4 is 79.0 Å². The van der Waals surface area contributed by atoms with Crippen LogP contribution in [0.5, 0.6) is 0 Å². The van der Waals surface area contributed by atoms with Gasteiger partial charge in [-0.2, -0.15) is 0 Å².